The molecule has 21 heavy (non-hydrogen) atoms. The number of nitrogens with two attached hydrogens (primary N) is 1. The van der Waals surface area contributed by atoms with Crippen LogP contribution < -0.4 is 10.6 Å². The first-order chi connectivity index (χ1) is 8.73. The Kier molecular flexibility index (Phi) is 6.72. The predicted molar refractivity (Wildman–Crippen MR) is 75.6 cm³/mol. The lowest BCUT2D eigenvalue weighted by Gasteiger charge is -2.22. The molecule has 0 aliphatic carbocycles. The Morgan fingerprint density at radius 2 is 1.81 bits per heavy atom. The highest BCUT2D eigenvalue weighted by Crippen LogP contribution is 2.37. The van der Waals surface area contributed by atoms with E-state index in [1.807, 2.05) is 0 Å². The summed E-state index contributed by atoms with van der Waals surface area (Å²) in [5.41, 5.74) is 5.18. The first-order valence-electron chi connectivity index (χ1n) is 5.76. The third-order valence-corrected chi connectivity index (χ3v) is 3.14. The Morgan fingerprint density at radius 1 is 1.19 bits per heavy atom. The van der Waals surface area contributed by atoms with Crippen molar-refractivity contribution in [3.05, 3.63) is 29.3 Å². The van der Waals surface area contributed by atoms with E-state index in [9.17, 15) is 22.0 Å². The predicted octanol–water partition coefficient (Wildman–Crippen LogP) is 3.85. The Bertz CT molecular complexity index is 479. The average molecular weight is 353 g/mol. The summed E-state index contributed by atoms with van der Waals surface area (Å²) >= 11 is 0. The Morgan fingerprint density at radius 3 is 2.24 bits per heavy atom. The minimum Gasteiger partial charge on any atom is -0.365 e. The molecule has 1 saturated heterocycles. The number of benzene rings is 1. The van der Waals surface area contributed by atoms with Crippen molar-refractivity contribution in [3.8, 4) is 0 Å². The second kappa shape index (κ2) is 6.98. The second-order valence-corrected chi connectivity index (χ2v) is 4.57. The van der Waals surface area contributed by atoms with E-state index < -0.39 is 24.2 Å². The van der Waals surface area contributed by atoms with Gasteiger partial charge in [-0.05, 0) is 17.7 Å². The van der Waals surface area contributed by atoms with Gasteiger partial charge in [0.1, 0.15) is 0 Å². The largest absolute Gasteiger partial charge is 0.416 e. The van der Waals surface area contributed by atoms with E-state index in [0.29, 0.717) is 5.56 Å². The fourth-order valence-corrected chi connectivity index (χ4v) is 2.15. The molecule has 0 saturated carbocycles. The third-order valence-electron chi connectivity index (χ3n) is 3.14. The zero-order chi connectivity index (χ0) is 14.3. The zero-order valence-electron chi connectivity index (χ0n) is 10.8. The van der Waals surface area contributed by atoms with Crippen LogP contribution in [-0.4, -0.2) is 19.0 Å². The van der Waals surface area contributed by atoms with Gasteiger partial charge in [0, 0.05) is 25.2 Å². The van der Waals surface area contributed by atoms with Crippen molar-refractivity contribution in [3.63, 3.8) is 0 Å². The molecule has 2 rings (SSSR count). The number of halogens is 7. The molecular formula is C12H15Cl2F5N2. The number of hydrogen-bond acceptors (Lipinski definition) is 2. The first kappa shape index (κ1) is 20.2. The normalized spacial score (nSPS) is 17.1. The minimum atomic E-state index is -4.50. The molecule has 1 heterocycles. The summed E-state index contributed by atoms with van der Waals surface area (Å²) in [6.07, 6.45) is -4.85. The highest BCUT2D eigenvalue weighted by Gasteiger charge is 2.39. The monoisotopic (exact) mass is 352 g/mol. The fourth-order valence-electron chi connectivity index (χ4n) is 2.15. The SMILES string of the molecule is Cl.Cl.NCc1ccc(C(F)(F)F)cc1N1CCC(F)(F)C1. The van der Waals surface area contributed by atoms with Crippen LogP contribution in [0.25, 0.3) is 0 Å². The van der Waals surface area contributed by atoms with Crippen molar-refractivity contribution >= 4 is 30.5 Å². The maximum atomic E-state index is 13.2. The van der Waals surface area contributed by atoms with Crippen molar-refractivity contribution in [2.45, 2.75) is 25.1 Å². The quantitative estimate of drug-likeness (QED) is 0.819. The van der Waals surface area contributed by atoms with Gasteiger partial charge in [-0.25, -0.2) is 8.78 Å². The van der Waals surface area contributed by atoms with Gasteiger partial charge >= 0.3 is 6.18 Å². The van der Waals surface area contributed by atoms with Gasteiger partial charge < -0.3 is 10.6 Å². The Labute approximate surface area is 131 Å². The summed E-state index contributed by atoms with van der Waals surface area (Å²) in [5.74, 6) is -2.86. The summed E-state index contributed by atoms with van der Waals surface area (Å²) in [6, 6.07) is 3.05. The van der Waals surface area contributed by atoms with Crippen LogP contribution in [-0.2, 0) is 12.7 Å². The van der Waals surface area contributed by atoms with E-state index >= 15 is 0 Å². The van der Waals surface area contributed by atoms with Gasteiger partial charge in [0.15, 0.2) is 0 Å². The van der Waals surface area contributed by atoms with Crippen LogP contribution in [0.4, 0.5) is 27.6 Å². The number of hydrogen-bond donors (Lipinski definition) is 1. The second-order valence-electron chi connectivity index (χ2n) is 4.57. The van der Waals surface area contributed by atoms with Crippen LogP contribution in [0.3, 0.4) is 0 Å². The van der Waals surface area contributed by atoms with E-state index in [0.717, 1.165) is 12.1 Å². The average Bonchev–Trinajstić information content (AvgIpc) is 2.67. The van der Waals surface area contributed by atoms with Gasteiger partial charge in [0.05, 0.1) is 12.1 Å². The molecule has 0 unspecified atom stereocenters. The number of alkyl halides is 5. The lowest BCUT2D eigenvalue weighted by Crippen LogP contribution is -2.26. The summed E-state index contributed by atoms with van der Waals surface area (Å²) in [4.78, 5) is 1.26. The molecule has 1 aliphatic rings. The van der Waals surface area contributed by atoms with Crippen molar-refractivity contribution in [2.75, 3.05) is 18.0 Å². The lowest BCUT2D eigenvalue weighted by molar-refractivity contribution is -0.137. The van der Waals surface area contributed by atoms with Crippen LogP contribution >= 0.6 is 24.8 Å². The maximum absolute atomic E-state index is 13.2. The molecule has 0 radical (unpaired) electrons. The molecule has 122 valence electrons. The molecule has 0 bridgehead atoms. The van der Waals surface area contributed by atoms with Crippen LogP contribution in [0.15, 0.2) is 18.2 Å². The van der Waals surface area contributed by atoms with E-state index in [1.54, 1.807) is 0 Å². The molecule has 2 nitrogen and oxygen atoms in total. The Hall–Kier alpha value is -0.790. The van der Waals surface area contributed by atoms with Gasteiger partial charge in [-0.3, -0.25) is 0 Å². The van der Waals surface area contributed by atoms with Gasteiger partial charge in [0.2, 0.25) is 0 Å². The minimum absolute atomic E-state index is 0. The van der Waals surface area contributed by atoms with Crippen LogP contribution in [0.1, 0.15) is 17.5 Å². The molecule has 9 heteroatoms. The number of rotatable bonds is 2. The van der Waals surface area contributed by atoms with Crippen molar-refractivity contribution < 1.29 is 22.0 Å². The summed E-state index contributed by atoms with van der Waals surface area (Å²) < 4.78 is 64.2. The van der Waals surface area contributed by atoms with E-state index in [2.05, 4.69) is 0 Å². The molecule has 1 fully saturated rings. The number of anilines is 1. The third kappa shape index (κ3) is 4.59. The van der Waals surface area contributed by atoms with Crippen molar-refractivity contribution in [2.24, 2.45) is 5.73 Å². The van der Waals surface area contributed by atoms with Crippen LogP contribution in [0.5, 0.6) is 0 Å². The molecule has 0 spiro atoms. The van der Waals surface area contributed by atoms with Gasteiger partial charge in [-0.15, -0.1) is 24.8 Å². The Balaban J connectivity index is 0.00000200. The summed E-state index contributed by atoms with van der Waals surface area (Å²) in [6.45, 7) is -0.530. The standard InChI is InChI=1S/C12H13F5N2.2ClH/c13-11(14)3-4-19(7-11)10-5-9(12(15,16)17)2-1-8(10)6-18;;/h1-2,5H,3-4,6-7,18H2;2*1H. The smallest absolute Gasteiger partial charge is 0.365 e. The molecular weight excluding hydrogens is 338 g/mol. The van der Waals surface area contributed by atoms with E-state index in [-0.39, 0.29) is 50.0 Å². The lowest BCUT2D eigenvalue weighted by atomic mass is 10.1. The van der Waals surface area contributed by atoms with Gasteiger partial charge in [-0.1, -0.05) is 6.07 Å². The summed E-state index contributed by atoms with van der Waals surface area (Å²) in [7, 11) is 0. The fraction of sp³-hybridized carbons (Fsp3) is 0.500. The molecule has 1 aliphatic heterocycles. The maximum Gasteiger partial charge on any atom is 0.416 e. The van der Waals surface area contributed by atoms with E-state index in [1.165, 1.54) is 11.0 Å². The number of nitrogens with zero attached hydrogens (tertiary/aromatic N) is 1. The summed E-state index contributed by atoms with van der Waals surface area (Å²) in [5, 5.41) is 0. The van der Waals surface area contributed by atoms with Crippen LogP contribution in [0, 0.1) is 0 Å². The highest BCUT2D eigenvalue weighted by molar-refractivity contribution is 5.85. The molecule has 2 N–H and O–H groups in total. The molecule has 0 atom stereocenters. The highest BCUT2D eigenvalue weighted by atomic mass is 35.5. The molecule has 1 aromatic rings. The zero-order valence-corrected chi connectivity index (χ0v) is 12.4. The first-order valence-corrected chi connectivity index (χ1v) is 5.76. The van der Waals surface area contributed by atoms with Gasteiger partial charge in [0.25, 0.3) is 5.92 Å². The van der Waals surface area contributed by atoms with Crippen LogP contribution in [0.2, 0.25) is 0 Å². The van der Waals surface area contributed by atoms with E-state index in [4.69, 9.17) is 5.73 Å². The molecule has 0 amide bonds. The van der Waals surface area contributed by atoms with Crippen molar-refractivity contribution in [1.82, 2.24) is 0 Å². The van der Waals surface area contributed by atoms with Gasteiger partial charge in [-0.2, -0.15) is 13.2 Å². The van der Waals surface area contributed by atoms with Crippen molar-refractivity contribution in [1.29, 1.82) is 0 Å². The topological polar surface area (TPSA) is 29.3 Å². The molecule has 1 aromatic carbocycles. The molecule has 0 aromatic heterocycles.